The Morgan fingerprint density at radius 2 is 1.08 bits per heavy atom. The molecular weight excluding hydrogens is 320 g/mol. The van der Waals surface area contributed by atoms with Crippen molar-refractivity contribution in [3.63, 3.8) is 0 Å². The van der Waals surface area contributed by atoms with Gasteiger partial charge in [-0.15, -0.1) is 0 Å². The Morgan fingerprint density at radius 3 is 1.85 bits per heavy atom. The molecule has 0 aliphatic carbocycles. The first kappa shape index (κ1) is 13.7. The summed E-state index contributed by atoms with van der Waals surface area (Å²) in [6, 6.07) is 23.4. The molecule has 2 heteroatoms. The Morgan fingerprint density at radius 1 is 0.423 bits per heavy atom. The maximum absolute atomic E-state index is 13.2. The number of rotatable bonds is 0. The van der Waals surface area contributed by atoms with Gasteiger partial charge in [-0.05, 0) is 38.4 Å². The number of hydrogen-bond donors (Lipinski definition) is 0. The van der Waals surface area contributed by atoms with Gasteiger partial charge in [0.05, 0.1) is 0 Å². The molecule has 0 aliphatic heterocycles. The van der Waals surface area contributed by atoms with Gasteiger partial charge in [-0.1, -0.05) is 66.7 Å². The van der Waals surface area contributed by atoms with Gasteiger partial charge >= 0.3 is 0 Å². The number of benzene rings is 6. The molecule has 26 heavy (non-hydrogen) atoms. The molecule has 0 bridgehead atoms. The standard InChI is InChI=1S/C24H12O2/c25-23-16-6-1-2-7-17(16)24(26)22-18-11-10-14-5-3-4-13-8-9-15(12-19(22)23)21(18)20(13)14/h1-12H. The zero-order chi connectivity index (χ0) is 17.4. The van der Waals surface area contributed by atoms with E-state index in [1.54, 1.807) is 18.2 Å². The molecule has 0 amide bonds. The van der Waals surface area contributed by atoms with Crippen LogP contribution in [0.15, 0.2) is 82.4 Å². The van der Waals surface area contributed by atoms with Crippen LogP contribution in [0.1, 0.15) is 0 Å². The van der Waals surface area contributed by atoms with E-state index in [2.05, 4.69) is 18.2 Å². The predicted octanol–water partition coefficient (Wildman–Crippen LogP) is 5.05. The Labute approximate surface area is 147 Å². The molecule has 120 valence electrons. The largest absolute Gasteiger partial charge is 0.289 e. The Hall–Kier alpha value is -3.52. The van der Waals surface area contributed by atoms with Gasteiger partial charge in [0, 0.05) is 21.5 Å². The monoisotopic (exact) mass is 332 g/mol. The van der Waals surface area contributed by atoms with E-state index in [-0.39, 0.29) is 10.9 Å². The molecule has 0 heterocycles. The van der Waals surface area contributed by atoms with Gasteiger partial charge in [0.1, 0.15) is 0 Å². The fraction of sp³-hybridized carbons (Fsp3) is 0. The lowest BCUT2D eigenvalue weighted by Crippen LogP contribution is -2.13. The molecule has 0 spiro atoms. The van der Waals surface area contributed by atoms with Crippen molar-refractivity contribution in [2.45, 2.75) is 0 Å². The lowest BCUT2D eigenvalue weighted by molar-refractivity contribution is 1.68. The molecule has 0 saturated carbocycles. The average Bonchev–Trinajstić information content (AvgIpc) is 2.69. The normalized spacial score (nSPS) is 12.2. The summed E-state index contributed by atoms with van der Waals surface area (Å²) < 4.78 is 0. The van der Waals surface area contributed by atoms with E-state index in [1.807, 2.05) is 36.4 Å². The summed E-state index contributed by atoms with van der Waals surface area (Å²) >= 11 is 0. The number of hydrogen-bond acceptors (Lipinski definition) is 2. The minimum Gasteiger partial charge on any atom is -0.289 e. The second-order valence-corrected chi connectivity index (χ2v) is 6.86. The van der Waals surface area contributed by atoms with Crippen molar-refractivity contribution in [3.05, 3.63) is 93.2 Å². The topological polar surface area (TPSA) is 34.1 Å². The zero-order valence-electron chi connectivity index (χ0n) is 13.7. The molecule has 0 aromatic heterocycles. The van der Waals surface area contributed by atoms with Crippen LogP contribution in [0.3, 0.4) is 0 Å². The second-order valence-electron chi connectivity index (χ2n) is 6.86. The van der Waals surface area contributed by atoms with E-state index < -0.39 is 0 Å². The van der Waals surface area contributed by atoms with Crippen LogP contribution in [-0.4, -0.2) is 0 Å². The minimum atomic E-state index is -0.0688. The molecule has 0 unspecified atom stereocenters. The molecule has 2 nitrogen and oxygen atoms in total. The summed E-state index contributed by atoms with van der Waals surface area (Å²) in [7, 11) is 0. The summed E-state index contributed by atoms with van der Waals surface area (Å²) in [4.78, 5) is 26.3. The first-order valence-electron chi connectivity index (χ1n) is 8.63. The van der Waals surface area contributed by atoms with E-state index in [4.69, 9.17) is 0 Å². The van der Waals surface area contributed by atoms with E-state index in [0.717, 1.165) is 32.3 Å². The van der Waals surface area contributed by atoms with Crippen molar-refractivity contribution >= 4 is 53.9 Å². The van der Waals surface area contributed by atoms with Crippen LogP contribution in [0.2, 0.25) is 0 Å². The lowest BCUT2D eigenvalue weighted by Gasteiger charge is -2.12. The van der Waals surface area contributed by atoms with Crippen molar-refractivity contribution < 1.29 is 0 Å². The first-order valence-corrected chi connectivity index (χ1v) is 8.63. The fourth-order valence-corrected chi connectivity index (χ4v) is 4.39. The van der Waals surface area contributed by atoms with Crippen LogP contribution in [0.5, 0.6) is 0 Å². The van der Waals surface area contributed by atoms with Crippen LogP contribution < -0.4 is 10.9 Å². The van der Waals surface area contributed by atoms with Crippen LogP contribution in [0.25, 0.3) is 53.9 Å². The third kappa shape index (κ3) is 1.52. The molecule has 6 aromatic carbocycles. The third-order valence-electron chi connectivity index (χ3n) is 5.54. The van der Waals surface area contributed by atoms with Crippen LogP contribution in [0.4, 0.5) is 0 Å². The van der Waals surface area contributed by atoms with Crippen molar-refractivity contribution in [2.75, 3.05) is 0 Å². The highest BCUT2D eigenvalue weighted by Crippen LogP contribution is 2.37. The molecule has 0 fully saturated rings. The summed E-state index contributed by atoms with van der Waals surface area (Å²) in [6.07, 6.45) is 0. The molecular formula is C24H12O2. The summed E-state index contributed by atoms with van der Waals surface area (Å²) in [5, 5.41) is 8.45. The van der Waals surface area contributed by atoms with E-state index in [1.165, 1.54) is 0 Å². The quantitative estimate of drug-likeness (QED) is 0.288. The molecule has 0 N–H and O–H groups in total. The van der Waals surface area contributed by atoms with E-state index in [9.17, 15) is 9.59 Å². The maximum atomic E-state index is 13.2. The summed E-state index contributed by atoms with van der Waals surface area (Å²) in [6.45, 7) is 0. The highest BCUT2D eigenvalue weighted by atomic mass is 16.1. The van der Waals surface area contributed by atoms with Crippen molar-refractivity contribution in [3.8, 4) is 0 Å². The fourth-order valence-electron chi connectivity index (χ4n) is 4.39. The highest BCUT2D eigenvalue weighted by Gasteiger charge is 2.16. The van der Waals surface area contributed by atoms with Crippen LogP contribution >= 0.6 is 0 Å². The molecule has 0 radical (unpaired) electrons. The smallest absolute Gasteiger partial charge is 0.195 e. The zero-order valence-corrected chi connectivity index (χ0v) is 13.7. The van der Waals surface area contributed by atoms with Crippen molar-refractivity contribution in [2.24, 2.45) is 0 Å². The van der Waals surface area contributed by atoms with Gasteiger partial charge in [-0.2, -0.15) is 0 Å². The molecule has 0 saturated heterocycles. The van der Waals surface area contributed by atoms with E-state index in [0.29, 0.717) is 21.5 Å². The second kappa shape index (κ2) is 4.55. The van der Waals surface area contributed by atoms with Crippen molar-refractivity contribution in [1.29, 1.82) is 0 Å². The highest BCUT2D eigenvalue weighted by molar-refractivity contribution is 6.29. The predicted molar refractivity (Wildman–Crippen MR) is 109 cm³/mol. The van der Waals surface area contributed by atoms with Gasteiger partial charge in [0.25, 0.3) is 0 Å². The van der Waals surface area contributed by atoms with E-state index >= 15 is 0 Å². The molecule has 6 rings (SSSR count). The summed E-state index contributed by atoms with van der Waals surface area (Å²) in [5.74, 6) is 0. The van der Waals surface area contributed by atoms with Gasteiger partial charge < -0.3 is 0 Å². The first-order chi connectivity index (χ1) is 12.7. The van der Waals surface area contributed by atoms with Gasteiger partial charge in [0.2, 0.25) is 0 Å². The Balaban J connectivity index is 2.05. The summed E-state index contributed by atoms with van der Waals surface area (Å²) in [5.41, 5.74) is -0.131. The van der Waals surface area contributed by atoms with Crippen LogP contribution in [0, 0.1) is 0 Å². The van der Waals surface area contributed by atoms with Crippen LogP contribution in [-0.2, 0) is 0 Å². The Kier molecular flexibility index (Phi) is 2.41. The minimum absolute atomic E-state index is 0.0619. The van der Waals surface area contributed by atoms with Crippen molar-refractivity contribution in [1.82, 2.24) is 0 Å². The SMILES string of the molecule is O=c1c2ccccc2c(=O)c2c1cc1ccc3cccc4ccc2c1c34. The molecule has 0 atom stereocenters. The Bertz CT molecular complexity index is 1600. The van der Waals surface area contributed by atoms with Gasteiger partial charge in [0.15, 0.2) is 10.9 Å². The third-order valence-corrected chi connectivity index (χ3v) is 5.54. The lowest BCUT2D eigenvalue weighted by atomic mass is 9.90. The molecule has 6 aromatic rings. The van der Waals surface area contributed by atoms with Gasteiger partial charge in [-0.25, -0.2) is 0 Å². The average molecular weight is 332 g/mol. The maximum Gasteiger partial charge on any atom is 0.195 e. The molecule has 0 aliphatic rings. The van der Waals surface area contributed by atoms with Gasteiger partial charge in [-0.3, -0.25) is 9.59 Å². The number of fused-ring (bicyclic) bond motifs is 3.